The Bertz CT molecular complexity index is 905. The van der Waals surface area contributed by atoms with E-state index >= 15 is 0 Å². The largest absolute Gasteiger partial charge is 0.368 e. The fourth-order valence-corrected chi connectivity index (χ4v) is 3.59. The molecule has 0 bridgehead atoms. The Labute approximate surface area is 210 Å². The van der Waals surface area contributed by atoms with Gasteiger partial charge in [0, 0.05) is 35.4 Å². The predicted octanol–water partition coefficient (Wildman–Crippen LogP) is 4.98. The lowest BCUT2D eigenvalue weighted by atomic mass is 10.2. The zero-order valence-electron chi connectivity index (χ0n) is 17.3. The Morgan fingerprint density at radius 3 is 2.74 bits per heavy atom. The maximum Gasteiger partial charge on any atom is 0.253 e. The first-order chi connectivity index (χ1) is 14.5. The molecule has 1 fully saturated rings. The van der Waals surface area contributed by atoms with E-state index in [1.807, 2.05) is 43.3 Å². The minimum Gasteiger partial charge on any atom is -0.368 e. The molecular weight excluding hydrogens is 550 g/mol. The monoisotopic (exact) mass is 576 g/mol. The SMILES string of the molecule is CCNC(=NCc1cccc(NC(=O)C2CCCO2)c1)NCc1ccc(Cl)cc1Cl.I. The number of nitrogens with zero attached hydrogens (tertiary/aromatic N) is 1. The van der Waals surface area contributed by atoms with E-state index < -0.39 is 0 Å². The first-order valence-corrected chi connectivity index (χ1v) is 10.8. The third-order valence-corrected chi connectivity index (χ3v) is 5.23. The molecule has 1 aliphatic heterocycles. The van der Waals surface area contributed by atoms with Crippen molar-refractivity contribution in [3.05, 3.63) is 63.6 Å². The van der Waals surface area contributed by atoms with Crippen molar-refractivity contribution in [2.45, 2.75) is 39.0 Å². The molecule has 1 amide bonds. The second kappa shape index (κ2) is 13.1. The quantitative estimate of drug-likeness (QED) is 0.247. The molecule has 0 radical (unpaired) electrons. The van der Waals surface area contributed by atoms with Crippen LogP contribution in [-0.4, -0.2) is 31.1 Å². The minimum absolute atomic E-state index is 0. The van der Waals surface area contributed by atoms with Crippen molar-refractivity contribution in [2.75, 3.05) is 18.5 Å². The van der Waals surface area contributed by atoms with Crippen LogP contribution in [0.15, 0.2) is 47.5 Å². The lowest BCUT2D eigenvalue weighted by Gasteiger charge is -2.13. The van der Waals surface area contributed by atoms with Gasteiger partial charge in [-0.1, -0.05) is 41.4 Å². The van der Waals surface area contributed by atoms with Crippen LogP contribution in [0.4, 0.5) is 5.69 Å². The number of guanidine groups is 1. The van der Waals surface area contributed by atoms with E-state index in [-0.39, 0.29) is 36.0 Å². The van der Waals surface area contributed by atoms with Crippen LogP contribution < -0.4 is 16.0 Å². The summed E-state index contributed by atoms with van der Waals surface area (Å²) < 4.78 is 5.43. The van der Waals surface area contributed by atoms with E-state index in [4.69, 9.17) is 27.9 Å². The Balaban J connectivity index is 0.00000341. The number of nitrogens with one attached hydrogen (secondary N) is 3. The van der Waals surface area contributed by atoms with E-state index in [0.717, 1.165) is 36.2 Å². The molecule has 2 aromatic carbocycles. The van der Waals surface area contributed by atoms with E-state index in [1.54, 1.807) is 6.07 Å². The molecule has 1 atom stereocenters. The molecule has 3 rings (SSSR count). The lowest BCUT2D eigenvalue weighted by molar-refractivity contribution is -0.124. The molecule has 168 valence electrons. The summed E-state index contributed by atoms with van der Waals surface area (Å²) in [4.78, 5) is 16.9. The van der Waals surface area contributed by atoms with Crippen molar-refractivity contribution in [3.8, 4) is 0 Å². The topological polar surface area (TPSA) is 74.8 Å². The van der Waals surface area contributed by atoms with Crippen LogP contribution in [0.25, 0.3) is 0 Å². The van der Waals surface area contributed by atoms with Crippen LogP contribution in [0.3, 0.4) is 0 Å². The second-order valence-electron chi connectivity index (χ2n) is 6.98. The molecule has 9 heteroatoms. The van der Waals surface area contributed by atoms with Crippen molar-refractivity contribution in [3.63, 3.8) is 0 Å². The molecule has 0 aliphatic carbocycles. The normalized spacial score (nSPS) is 15.8. The van der Waals surface area contributed by atoms with Crippen molar-refractivity contribution in [2.24, 2.45) is 4.99 Å². The molecule has 1 unspecified atom stereocenters. The summed E-state index contributed by atoms with van der Waals surface area (Å²) in [5.74, 6) is 0.584. The van der Waals surface area contributed by atoms with Crippen LogP contribution >= 0.6 is 47.2 Å². The van der Waals surface area contributed by atoms with Gasteiger partial charge < -0.3 is 20.7 Å². The molecular formula is C22H27Cl2IN4O2. The fourth-order valence-electron chi connectivity index (χ4n) is 3.11. The first-order valence-electron chi connectivity index (χ1n) is 10.0. The number of rotatable bonds is 7. The predicted molar refractivity (Wildman–Crippen MR) is 138 cm³/mol. The van der Waals surface area contributed by atoms with Crippen molar-refractivity contribution >= 4 is 64.7 Å². The Hall–Kier alpha value is -1.55. The number of halogens is 3. The maximum absolute atomic E-state index is 12.2. The number of anilines is 1. The Morgan fingerprint density at radius 1 is 1.19 bits per heavy atom. The Kier molecular flexibility index (Phi) is 10.9. The molecule has 1 saturated heterocycles. The summed E-state index contributed by atoms with van der Waals surface area (Å²) in [5.41, 5.74) is 2.67. The van der Waals surface area contributed by atoms with Crippen LogP contribution in [0.5, 0.6) is 0 Å². The number of carbonyl (C=O) groups is 1. The number of ether oxygens (including phenoxy) is 1. The summed E-state index contributed by atoms with van der Waals surface area (Å²) >= 11 is 12.2. The van der Waals surface area contributed by atoms with Crippen LogP contribution in [0.1, 0.15) is 30.9 Å². The molecule has 0 saturated carbocycles. The zero-order chi connectivity index (χ0) is 21.3. The molecule has 31 heavy (non-hydrogen) atoms. The highest BCUT2D eigenvalue weighted by Crippen LogP contribution is 2.21. The lowest BCUT2D eigenvalue weighted by Crippen LogP contribution is -2.36. The van der Waals surface area contributed by atoms with Gasteiger partial charge in [0.05, 0.1) is 6.54 Å². The van der Waals surface area contributed by atoms with E-state index in [1.165, 1.54) is 0 Å². The van der Waals surface area contributed by atoms with E-state index in [0.29, 0.717) is 35.7 Å². The maximum atomic E-state index is 12.2. The fraction of sp³-hybridized carbons (Fsp3) is 0.364. The standard InChI is InChI=1S/C22H26Cl2N4O2.HI/c1-2-25-22(27-14-16-8-9-17(23)12-19(16)24)26-13-15-5-3-6-18(11-15)28-21(29)20-7-4-10-30-20;/h3,5-6,8-9,11-12,20H,2,4,7,10,13-14H2,1H3,(H,28,29)(H2,25,26,27);1H. The Morgan fingerprint density at radius 2 is 2.03 bits per heavy atom. The highest BCUT2D eigenvalue weighted by Gasteiger charge is 2.23. The molecule has 3 N–H and O–H groups in total. The summed E-state index contributed by atoms with van der Waals surface area (Å²) in [6.07, 6.45) is 1.34. The molecule has 0 spiro atoms. The number of hydrogen-bond acceptors (Lipinski definition) is 3. The average molecular weight is 577 g/mol. The number of hydrogen-bond donors (Lipinski definition) is 3. The van der Waals surface area contributed by atoms with Crippen molar-refractivity contribution in [1.82, 2.24) is 10.6 Å². The van der Waals surface area contributed by atoms with Crippen LogP contribution in [0, 0.1) is 0 Å². The van der Waals surface area contributed by atoms with Gasteiger partial charge in [-0.3, -0.25) is 4.79 Å². The van der Waals surface area contributed by atoms with Gasteiger partial charge >= 0.3 is 0 Å². The van der Waals surface area contributed by atoms with Crippen LogP contribution in [-0.2, 0) is 22.6 Å². The van der Waals surface area contributed by atoms with E-state index in [2.05, 4.69) is 20.9 Å². The van der Waals surface area contributed by atoms with Gasteiger partial charge in [-0.25, -0.2) is 4.99 Å². The first kappa shape index (κ1) is 25.7. The van der Waals surface area contributed by atoms with Gasteiger partial charge in [-0.15, -0.1) is 24.0 Å². The molecule has 2 aromatic rings. The van der Waals surface area contributed by atoms with Crippen molar-refractivity contribution < 1.29 is 9.53 Å². The average Bonchev–Trinajstić information content (AvgIpc) is 3.26. The number of carbonyl (C=O) groups excluding carboxylic acids is 1. The van der Waals surface area contributed by atoms with Gasteiger partial charge in [0.25, 0.3) is 5.91 Å². The van der Waals surface area contributed by atoms with Crippen molar-refractivity contribution in [1.29, 1.82) is 0 Å². The summed E-state index contributed by atoms with van der Waals surface area (Å²) in [5, 5.41) is 10.6. The number of amides is 1. The molecule has 6 nitrogen and oxygen atoms in total. The summed E-state index contributed by atoms with van der Waals surface area (Å²) in [7, 11) is 0. The van der Waals surface area contributed by atoms with Gasteiger partial charge in [-0.2, -0.15) is 0 Å². The smallest absolute Gasteiger partial charge is 0.253 e. The van der Waals surface area contributed by atoms with Gasteiger partial charge in [-0.05, 0) is 55.2 Å². The molecule has 1 heterocycles. The third kappa shape index (κ3) is 8.14. The van der Waals surface area contributed by atoms with Gasteiger partial charge in [0.15, 0.2) is 5.96 Å². The third-order valence-electron chi connectivity index (χ3n) is 4.64. The number of benzene rings is 2. The minimum atomic E-state index is -0.351. The summed E-state index contributed by atoms with van der Waals surface area (Å²) in [6.45, 7) is 4.38. The van der Waals surface area contributed by atoms with Crippen LogP contribution in [0.2, 0.25) is 10.0 Å². The van der Waals surface area contributed by atoms with Gasteiger partial charge in [0.2, 0.25) is 0 Å². The number of aliphatic imine (C=N–C) groups is 1. The highest BCUT2D eigenvalue weighted by molar-refractivity contribution is 14.0. The molecule has 0 aromatic heterocycles. The highest BCUT2D eigenvalue weighted by atomic mass is 127. The van der Waals surface area contributed by atoms with Gasteiger partial charge in [0.1, 0.15) is 6.10 Å². The van der Waals surface area contributed by atoms with E-state index in [9.17, 15) is 4.79 Å². The second-order valence-corrected chi connectivity index (χ2v) is 7.82. The zero-order valence-corrected chi connectivity index (χ0v) is 21.1. The molecule has 1 aliphatic rings. The summed E-state index contributed by atoms with van der Waals surface area (Å²) in [6, 6.07) is 13.1.